The topological polar surface area (TPSA) is 82.7 Å². The SMILES string of the molecule is CCc1nc(-c2cccc(C#N)c2)nc2sc(C(O)c3ncccc3F)cc12. The highest BCUT2D eigenvalue weighted by Crippen LogP contribution is 2.35. The molecule has 0 saturated carbocycles. The number of nitrogens with zero attached hydrogens (tertiary/aromatic N) is 4. The van der Waals surface area contributed by atoms with Gasteiger partial charge in [0, 0.05) is 22.0 Å². The zero-order valence-electron chi connectivity index (χ0n) is 14.9. The molecule has 1 aromatic carbocycles. The summed E-state index contributed by atoms with van der Waals surface area (Å²) in [6, 6.07) is 13.8. The summed E-state index contributed by atoms with van der Waals surface area (Å²) in [5, 5.41) is 20.6. The third kappa shape index (κ3) is 3.24. The number of halogens is 1. The summed E-state index contributed by atoms with van der Waals surface area (Å²) in [5.74, 6) is -0.0309. The number of aryl methyl sites for hydroxylation is 1. The fraction of sp³-hybridized carbons (Fsp3) is 0.143. The molecule has 0 bridgehead atoms. The Kier molecular flexibility index (Phi) is 4.82. The van der Waals surface area contributed by atoms with Crippen molar-refractivity contribution in [2.45, 2.75) is 19.4 Å². The molecule has 28 heavy (non-hydrogen) atoms. The summed E-state index contributed by atoms with van der Waals surface area (Å²) in [5.41, 5.74) is 2.11. The first-order chi connectivity index (χ1) is 13.6. The largest absolute Gasteiger partial charge is 0.381 e. The normalized spacial score (nSPS) is 12.1. The first-order valence-electron chi connectivity index (χ1n) is 8.70. The van der Waals surface area contributed by atoms with E-state index in [1.165, 1.54) is 29.7 Å². The molecule has 3 aromatic heterocycles. The van der Waals surface area contributed by atoms with E-state index < -0.39 is 11.9 Å². The first-order valence-corrected chi connectivity index (χ1v) is 9.51. The number of thiophene rings is 1. The van der Waals surface area contributed by atoms with Crippen molar-refractivity contribution in [3.05, 3.63) is 76.3 Å². The van der Waals surface area contributed by atoms with E-state index in [9.17, 15) is 9.50 Å². The first kappa shape index (κ1) is 18.2. The third-order valence-electron chi connectivity index (χ3n) is 4.39. The Morgan fingerprint density at radius 3 is 2.82 bits per heavy atom. The van der Waals surface area contributed by atoms with Crippen LogP contribution in [-0.2, 0) is 6.42 Å². The standard InChI is InChI=1S/C21H15FN4OS/c1-2-16-14-10-17(19(27)18-15(22)7-4-8-24-18)28-21(14)26-20(25-16)13-6-3-5-12(9-13)11-23/h3-10,19,27H,2H2,1H3. The van der Waals surface area contributed by atoms with Crippen LogP contribution in [0.5, 0.6) is 0 Å². The quantitative estimate of drug-likeness (QED) is 0.558. The molecule has 4 rings (SSSR count). The molecule has 4 aromatic rings. The lowest BCUT2D eigenvalue weighted by atomic mass is 10.1. The highest BCUT2D eigenvalue weighted by molar-refractivity contribution is 7.18. The van der Waals surface area contributed by atoms with Crippen molar-refractivity contribution in [3.63, 3.8) is 0 Å². The lowest BCUT2D eigenvalue weighted by molar-refractivity contribution is 0.213. The van der Waals surface area contributed by atoms with E-state index in [4.69, 9.17) is 5.26 Å². The number of hydrogen-bond donors (Lipinski definition) is 1. The zero-order chi connectivity index (χ0) is 19.7. The molecule has 0 saturated heterocycles. The molecule has 1 N–H and O–H groups in total. The van der Waals surface area contributed by atoms with Gasteiger partial charge in [0.05, 0.1) is 17.3 Å². The maximum absolute atomic E-state index is 14.0. The average molecular weight is 390 g/mol. The minimum atomic E-state index is -1.17. The molecule has 0 aliphatic rings. The summed E-state index contributed by atoms with van der Waals surface area (Å²) >= 11 is 1.28. The molecule has 0 aliphatic carbocycles. The van der Waals surface area contributed by atoms with E-state index in [-0.39, 0.29) is 5.69 Å². The average Bonchev–Trinajstić information content (AvgIpc) is 3.17. The van der Waals surface area contributed by atoms with Crippen LogP contribution in [0.25, 0.3) is 21.6 Å². The number of fused-ring (bicyclic) bond motifs is 1. The minimum Gasteiger partial charge on any atom is -0.381 e. The molecule has 0 radical (unpaired) electrons. The predicted molar refractivity (Wildman–Crippen MR) is 105 cm³/mol. The van der Waals surface area contributed by atoms with E-state index in [0.717, 1.165) is 16.6 Å². The molecule has 0 fully saturated rings. The van der Waals surface area contributed by atoms with Crippen molar-refractivity contribution in [1.82, 2.24) is 15.0 Å². The highest BCUT2D eigenvalue weighted by atomic mass is 32.1. The van der Waals surface area contributed by atoms with E-state index in [1.54, 1.807) is 24.3 Å². The smallest absolute Gasteiger partial charge is 0.161 e. The van der Waals surface area contributed by atoms with Crippen LogP contribution in [0.4, 0.5) is 4.39 Å². The van der Waals surface area contributed by atoms with E-state index in [0.29, 0.717) is 27.5 Å². The fourth-order valence-electron chi connectivity index (χ4n) is 2.99. The van der Waals surface area contributed by atoms with Crippen LogP contribution in [0.2, 0.25) is 0 Å². The molecule has 3 heterocycles. The van der Waals surface area contributed by atoms with Crippen LogP contribution in [-0.4, -0.2) is 20.1 Å². The van der Waals surface area contributed by atoms with Crippen LogP contribution in [0.1, 0.15) is 34.9 Å². The molecule has 138 valence electrons. The van der Waals surface area contributed by atoms with Gasteiger partial charge >= 0.3 is 0 Å². The van der Waals surface area contributed by atoms with Crippen LogP contribution >= 0.6 is 11.3 Å². The maximum Gasteiger partial charge on any atom is 0.161 e. The number of benzene rings is 1. The van der Waals surface area contributed by atoms with Crippen LogP contribution in [0.3, 0.4) is 0 Å². The van der Waals surface area contributed by atoms with Crippen LogP contribution < -0.4 is 0 Å². The molecule has 1 unspecified atom stereocenters. The molecular weight excluding hydrogens is 375 g/mol. The molecule has 0 amide bonds. The monoisotopic (exact) mass is 390 g/mol. The molecular formula is C21H15FN4OS. The second kappa shape index (κ2) is 7.43. The Balaban J connectivity index is 1.83. The van der Waals surface area contributed by atoms with Gasteiger partial charge in [0.15, 0.2) is 5.82 Å². The number of hydrogen-bond acceptors (Lipinski definition) is 6. The fourth-order valence-corrected chi connectivity index (χ4v) is 4.04. The van der Waals surface area contributed by atoms with Gasteiger partial charge in [-0.2, -0.15) is 5.26 Å². The second-order valence-corrected chi connectivity index (χ2v) is 7.24. The van der Waals surface area contributed by atoms with Gasteiger partial charge in [0.25, 0.3) is 0 Å². The highest BCUT2D eigenvalue weighted by Gasteiger charge is 2.21. The lowest BCUT2D eigenvalue weighted by Gasteiger charge is -2.07. The number of aliphatic hydroxyl groups excluding tert-OH is 1. The third-order valence-corrected chi connectivity index (χ3v) is 5.47. The van der Waals surface area contributed by atoms with Crippen LogP contribution in [0.15, 0.2) is 48.7 Å². The maximum atomic E-state index is 14.0. The van der Waals surface area contributed by atoms with Crippen molar-refractivity contribution in [2.75, 3.05) is 0 Å². The summed E-state index contributed by atoms with van der Waals surface area (Å²) in [4.78, 5) is 14.5. The lowest BCUT2D eigenvalue weighted by Crippen LogP contribution is -2.03. The van der Waals surface area contributed by atoms with Gasteiger partial charge in [0.2, 0.25) is 0 Å². The van der Waals surface area contributed by atoms with Gasteiger partial charge in [-0.3, -0.25) is 4.98 Å². The van der Waals surface area contributed by atoms with Gasteiger partial charge in [-0.25, -0.2) is 14.4 Å². The molecule has 0 spiro atoms. The number of pyridine rings is 1. The number of rotatable bonds is 4. The van der Waals surface area contributed by atoms with Crippen molar-refractivity contribution >= 4 is 21.6 Å². The van der Waals surface area contributed by atoms with E-state index >= 15 is 0 Å². The van der Waals surface area contributed by atoms with Crippen LogP contribution in [0, 0.1) is 17.1 Å². The zero-order valence-corrected chi connectivity index (χ0v) is 15.7. The van der Waals surface area contributed by atoms with Gasteiger partial charge < -0.3 is 5.11 Å². The van der Waals surface area contributed by atoms with Crippen molar-refractivity contribution in [1.29, 1.82) is 5.26 Å². The molecule has 5 nitrogen and oxygen atoms in total. The van der Waals surface area contributed by atoms with E-state index in [1.807, 2.05) is 13.0 Å². The predicted octanol–water partition coefficient (Wildman–Crippen LogP) is 4.41. The minimum absolute atomic E-state index is 0.0120. The molecule has 1 atom stereocenters. The van der Waals surface area contributed by atoms with Crippen molar-refractivity contribution in [2.24, 2.45) is 0 Å². The second-order valence-electron chi connectivity index (χ2n) is 6.18. The van der Waals surface area contributed by atoms with E-state index in [2.05, 4.69) is 21.0 Å². The Morgan fingerprint density at radius 1 is 1.21 bits per heavy atom. The number of aromatic nitrogens is 3. The summed E-state index contributed by atoms with van der Waals surface area (Å²) in [6.45, 7) is 1.99. The Hall–Kier alpha value is -3.21. The number of aliphatic hydroxyl groups is 1. The summed E-state index contributed by atoms with van der Waals surface area (Å²) in [6.07, 6.45) is 0.955. The van der Waals surface area contributed by atoms with Gasteiger partial charge in [0.1, 0.15) is 22.4 Å². The Labute approximate surface area is 164 Å². The van der Waals surface area contributed by atoms with Crippen molar-refractivity contribution in [3.8, 4) is 17.5 Å². The van der Waals surface area contributed by atoms with Crippen molar-refractivity contribution < 1.29 is 9.50 Å². The van der Waals surface area contributed by atoms with Gasteiger partial charge in [-0.05, 0) is 36.8 Å². The molecule has 0 aliphatic heterocycles. The number of nitriles is 1. The molecule has 7 heteroatoms. The summed E-state index contributed by atoms with van der Waals surface area (Å²) < 4.78 is 14.0. The van der Waals surface area contributed by atoms with Gasteiger partial charge in [-0.15, -0.1) is 11.3 Å². The Bertz CT molecular complexity index is 1210. The Morgan fingerprint density at radius 2 is 2.07 bits per heavy atom. The summed E-state index contributed by atoms with van der Waals surface area (Å²) in [7, 11) is 0. The van der Waals surface area contributed by atoms with Gasteiger partial charge in [-0.1, -0.05) is 19.1 Å².